The Labute approximate surface area is 108 Å². The van der Waals surface area contributed by atoms with Crippen LogP contribution in [0.1, 0.15) is 24.8 Å². The van der Waals surface area contributed by atoms with Crippen LogP contribution in [0.2, 0.25) is 0 Å². The molecule has 1 aromatic rings. The van der Waals surface area contributed by atoms with Crippen LogP contribution < -0.4 is 5.32 Å². The molecule has 4 heteroatoms. The highest BCUT2D eigenvalue weighted by atomic mass is 16.3. The van der Waals surface area contributed by atoms with Crippen molar-refractivity contribution in [1.29, 1.82) is 0 Å². The molecule has 4 nitrogen and oxygen atoms in total. The van der Waals surface area contributed by atoms with Crippen LogP contribution in [-0.2, 0) is 11.4 Å². The standard InChI is InChI=1S/C14H20N2O2/c17-11-12-5-4-6-13(9-12)15-10-14(18)16-7-2-1-3-8-16/h4-6,9,15,17H,1-3,7-8,10-11H2. The number of carbonyl (C=O) groups excluding carboxylic acids is 1. The van der Waals surface area contributed by atoms with Gasteiger partial charge in [-0.15, -0.1) is 0 Å². The highest BCUT2D eigenvalue weighted by Gasteiger charge is 2.15. The molecule has 1 amide bonds. The number of nitrogens with one attached hydrogen (secondary N) is 1. The largest absolute Gasteiger partial charge is 0.392 e. The topological polar surface area (TPSA) is 52.6 Å². The number of likely N-dealkylation sites (tertiary alicyclic amines) is 1. The average Bonchev–Trinajstić information content (AvgIpc) is 2.46. The van der Waals surface area contributed by atoms with Crippen LogP contribution in [0.3, 0.4) is 0 Å². The normalized spacial score (nSPS) is 15.5. The number of nitrogens with zero attached hydrogens (tertiary/aromatic N) is 1. The van der Waals surface area contributed by atoms with E-state index in [4.69, 9.17) is 5.11 Å². The van der Waals surface area contributed by atoms with Gasteiger partial charge in [-0.25, -0.2) is 0 Å². The zero-order valence-corrected chi connectivity index (χ0v) is 10.6. The average molecular weight is 248 g/mol. The number of benzene rings is 1. The maximum Gasteiger partial charge on any atom is 0.241 e. The van der Waals surface area contributed by atoms with E-state index >= 15 is 0 Å². The zero-order valence-electron chi connectivity index (χ0n) is 10.6. The Morgan fingerprint density at radius 3 is 2.78 bits per heavy atom. The number of rotatable bonds is 4. The van der Waals surface area contributed by atoms with E-state index in [0.29, 0.717) is 6.54 Å². The van der Waals surface area contributed by atoms with E-state index in [1.54, 1.807) is 0 Å². The van der Waals surface area contributed by atoms with Crippen molar-refractivity contribution in [2.24, 2.45) is 0 Å². The molecule has 0 aliphatic carbocycles. The van der Waals surface area contributed by atoms with Gasteiger partial charge < -0.3 is 15.3 Å². The molecule has 0 atom stereocenters. The Bertz CT molecular complexity index is 401. The molecule has 1 heterocycles. The molecule has 2 rings (SSSR count). The second-order valence-corrected chi connectivity index (χ2v) is 4.65. The number of anilines is 1. The van der Waals surface area contributed by atoms with Gasteiger partial charge in [0.1, 0.15) is 0 Å². The first kappa shape index (κ1) is 12.9. The summed E-state index contributed by atoms with van der Waals surface area (Å²) in [6, 6.07) is 7.50. The lowest BCUT2D eigenvalue weighted by Crippen LogP contribution is -2.39. The summed E-state index contributed by atoms with van der Waals surface area (Å²) in [5.74, 6) is 0.157. The summed E-state index contributed by atoms with van der Waals surface area (Å²) in [7, 11) is 0. The van der Waals surface area contributed by atoms with Crippen LogP contribution >= 0.6 is 0 Å². The fourth-order valence-corrected chi connectivity index (χ4v) is 2.21. The van der Waals surface area contributed by atoms with E-state index in [2.05, 4.69) is 5.32 Å². The second-order valence-electron chi connectivity index (χ2n) is 4.65. The maximum atomic E-state index is 11.9. The molecule has 0 aromatic heterocycles. The predicted molar refractivity (Wildman–Crippen MR) is 71.3 cm³/mol. The van der Waals surface area contributed by atoms with Crippen molar-refractivity contribution in [3.05, 3.63) is 29.8 Å². The summed E-state index contributed by atoms with van der Waals surface area (Å²) in [6.45, 7) is 2.12. The van der Waals surface area contributed by atoms with Gasteiger partial charge in [0.25, 0.3) is 0 Å². The Morgan fingerprint density at radius 2 is 2.06 bits per heavy atom. The number of hydrogen-bond donors (Lipinski definition) is 2. The van der Waals surface area contributed by atoms with Crippen molar-refractivity contribution < 1.29 is 9.90 Å². The maximum absolute atomic E-state index is 11.9. The Hall–Kier alpha value is -1.55. The minimum atomic E-state index is 0.0234. The smallest absolute Gasteiger partial charge is 0.241 e. The zero-order chi connectivity index (χ0) is 12.8. The van der Waals surface area contributed by atoms with E-state index in [-0.39, 0.29) is 12.5 Å². The molecule has 0 saturated carbocycles. The summed E-state index contributed by atoms with van der Waals surface area (Å²) in [5.41, 5.74) is 1.73. The molecule has 1 aliphatic heterocycles. The SMILES string of the molecule is O=C(CNc1cccc(CO)c1)N1CCCCC1. The molecule has 98 valence electrons. The summed E-state index contributed by atoms with van der Waals surface area (Å²) in [4.78, 5) is 13.9. The van der Waals surface area contributed by atoms with Crippen LogP contribution in [-0.4, -0.2) is 35.5 Å². The van der Waals surface area contributed by atoms with Crippen LogP contribution in [0, 0.1) is 0 Å². The molecule has 1 aliphatic rings. The molecular weight excluding hydrogens is 228 g/mol. The molecule has 1 saturated heterocycles. The lowest BCUT2D eigenvalue weighted by molar-refractivity contribution is -0.130. The Balaban J connectivity index is 1.84. The molecular formula is C14H20N2O2. The Kier molecular flexibility index (Phi) is 4.59. The third-order valence-corrected chi connectivity index (χ3v) is 3.26. The van der Waals surface area contributed by atoms with Gasteiger partial charge in [-0.05, 0) is 37.0 Å². The number of piperidine rings is 1. The van der Waals surface area contributed by atoms with E-state index in [1.165, 1.54) is 6.42 Å². The second kappa shape index (κ2) is 6.40. The quantitative estimate of drug-likeness (QED) is 0.851. The molecule has 1 fully saturated rings. The predicted octanol–water partition coefficient (Wildman–Crippen LogP) is 1.60. The van der Waals surface area contributed by atoms with Crippen LogP contribution in [0.5, 0.6) is 0 Å². The molecule has 1 aromatic carbocycles. The van der Waals surface area contributed by atoms with Gasteiger partial charge in [-0.2, -0.15) is 0 Å². The number of aliphatic hydroxyl groups excluding tert-OH is 1. The number of aliphatic hydroxyl groups is 1. The molecule has 0 unspecified atom stereocenters. The first-order valence-electron chi connectivity index (χ1n) is 6.51. The minimum absolute atomic E-state index is 0.0234. The highest BCUT2D eigenvalue weighted by Crippen LogP contribution is 2.12. The molecule has 0 radical (unpaired) electrons. The lowest BCUT2D eigenvalue weighted by atomic mass is 10.1. The minimum Gasteiger partial charge on any atom is -0.392 e. The van der Waals surface area contributed by atoms with E-state index in [9.17, 15) is 4.79 Å². The van der Waals surface area contributed by atoms with Crippen molar-refractivity contribution >= 4 is 11.6 Å². The first-order chi connectivity index (χ1) is 8.79. The summed E-state index contributed by atoms with van der Waals surface area (Å²) in [6.07, 6.45) is 3.47. The summed E-state index contributed by atoms with van der Waals surface area (Å²) < 4.78 is 0. The van der Waals surface area contributed by atoms with Gasteiger partial charge >= 0.3 is 0 Å². The van der Waals surface area contributed by atoms with E-state index < -0.39 is 0 Å². The monoisotopic (exact) mass is 248 g/mol. The van der Waals surface area contributed by atoms with Crippen molar-refractivity contribution in [3.63, 3.8) is 0 Å². The van der Waals surface area contributed by atoms with Crippen LogP contribution in [0.25, 0.3) is 0 Å². The lowest BCUT2D eigenvalue weighted by Gasteiger charge is -2.26. The van der Waals surface area contributed by atoms with Crippen molar-refractivity contribution in [1.82, 2.24) is 4.90 Å². The third kappa shape index (κ3) is 3.47. The van der Waals surface area contributed by atoms with Gasteiger partial charge in [0, 0.05) is 18.8 Å². The summed E-state index contributed by atoms with van der Waals surface area (Å²) >= 11 is 0. The van der Waals surface area contributed by atoms with Gasteiger partial charge in [0.15, 0.2) is 0 Å². The van der Waals surface area contributed by atoms with Crippen molar-refractivity contribution in [2.45, 2.75) is 25.9 Å². The van der Waals surface area contributed by atoms with Gasteiger partial charge in [0.05, 0.1) is 13.2 Å². The number of carbonyl (C=O) groups is 1. The van der Waals surface area contributed by atoms with Gasteiger partial charge in [-0.1, -0.05) is 12.1 Å². The Morgan fingerprint density at radius 1 is 1.28 bits per heavy atom. The molecule has 18 heavy (non-hydrogen) atoms. The number of hydrogen-bond acceptors (Lipinski definition) is 3. The van der Waals surface area contributed by atoms with E-state index in [0.717, 1.165) is 37.2 Å². The van der Waals surface area contributed by atoms with Crippen molar-refractivity contribution in [3.8, 4) is 0 Å². The fourth-order valence-electron chi connectivity index (χ4n) is 2.21. The molecule has 2 N–H and O–H groups in total. The summed E-state index contributed by atoms with van der Waals surface area (Å²) in [5, 5.41) is 12.2. The number of amides is 1. The van der Waals surface area contributed by atoms with Gasteiger partial charge in [-0.3, -0.25) is 4.79 Å². The third-order valence-electron chi connectivity index (χ3n) is 3.26. The van der Waals surface area contributed by atoms with Crippen LogP contribution in [0.4, 0.5) is 5.69 Å². The van der Waals surface area contributed by atoms with Crippen molar-refractivity contribution in [2.75, 3.05) is 25.0 Å². The van der Waals surface area contributed by atoms with E-state index in [1.807, 2.05) is 29.2 Å². The fraction of sp³-hybridized carbons (Fsp3) is 0.500. The first-order valence-corrected chi connectivity index (χ1v) is 6.51. The highest BCUT2D eigenvalue weighted by molar-refractivity contribution is 5.80. The molecule has 0 bridgehead atoms. The van der Waals surface area contributed by atoms with Crippen LogP contribution in [0.15, 0.2) is 24.3 Å². The molecule has 0 spiro atoms. The van der Waals surface area contributed by atoms with Gasteiger partial charge in [0.2, 0.25) is 5.91 Å².